The molecule has 1 saturated heterocycles. The van der Waals surface area contributed by atoms with Gasteiger partial charge in [0.05, 0.1) is 19.8 Å². The SMILES string of the molecule is CCNCC(C)Cc1c(C)nc(C2COCCO2)nc1C. The molecule has 0 radical (unpaired) electrons. The second-order valence-electron chi connectivity index (χ2n) is 5.78. The maximum atomic E-state index is 5.69. The molecule has 0 saturated carbocycles. The van der Waals surface area contributed by atoms with Crippen molar-refractivity contribution in [1.29, 1.82) is 0 Å². The van der Waals surface area contributed by atoms with Crippen molar-refractivity contribution in [1.82, 2.24) is 15.3 Å². The number of ether oxygens (including phenoxy) is 2. The Bertz CT molecular complexity index is 436. The highest BCUT2D eigenvalue weighted by atomic mass is 16.6. The molecule has 21 heavy (non-hydrogen) atoms. The summed E-state index contributed by atoms with van der Waals surface area (Å²) >= 11 is 0. The molecule has 2 rings (SSSR count). The molecule has 1 N–H and O–H groups in total. The summed E-state index contributed by atoms with van der Waals surface area (Å²) in [4.78, 5) is 9.31. The van der Waals surface area contributed by atoms with Crippen LogP contribution < -0.4 is 5.32 Å². The molecular formula is C16H27N3O2. The number of rotatable bonds is 6. The van der Waals surface area contributed by atoms with E-state index < -0.39 is 0 Å². The van der Waals surface area contributed by atoms with Gasteiger partial charge in [-0.25, -0.2) is 9.97 Å². The van der Waals surface area contributed by atoms with E-state index in [0.717, 1.165) is 36.7 Å². The fourth-order valence-electron chi connectivity index (χ4n) is 2.65. The molecule has 1 aromatic rings. The zero-order valence-electron chi connectivity index (χ0n) is 13.6. The van der Waals surface area contributed by atoms with Crippen molar-refractivity contribution >= 4 is 0 Å². The Balaban J connectivity index is 2.09. The Morgan fingerprint density at radius 3 is 2.52 bits per heavy atom. The molecule has 0 aromatic carbocycles. The predicted octanol–water partition coefficient (Wildman–Crippen LogP) is 1.97. The van der Waals surface area contributed by atoms with Crippen LogP contribution in [-0.2, 0) is 15.9 Å². The molecule has 2 atom stereocenters. The third-order valence-electron chi connectivity index (χ3n) is 3.84. The maximum Gasteiger partial charge on any atom is 0.160 e. The monoisotopic (exact) mass is 293 g/mol. The van der Waals surface area contributed by atoms with Crippen LogP contribution in [0.4, 0.5) is 0 Å². The molecule has 0 bridgehead atoms. The second-order valence-corrected chi connectivity index (χ2v) is 5.78. The number of nitrogens with one attached hydrogen (secondary N) is 1. The topological polar surface area (TPSA) is 56.3 Å². The minimum atomic E-state index is -0.121. The van der Waals surface area contributed by atoms with Gasteiger partial charge in [-0.1, -0.05) is 13.8 Å². The van der Waals surface area contributed by atoms with Crippen molar-refractivity contribution in [2.45, 2.75) is 40.2 Å². The molecule has 1 aromatic heterocycles. The Hall–Kier alpha value is -1.04. The Morgan fingerprint density at radius 2 is 1.95 bits per heavy atom. The van der Waals surface area contributed by atoms with E-state index in [0.29, 0.717) is 25.7 Å². The zero-order valence-corrected chi connectivity index (χ0v) is 13.6. The Kier molecular flexibility index (Phi) is 6.08. The van der Waals surface area contributed by atoms with Crippen LogP contribution in [0.15, 0.2) is 0 Å². The molecule has 5 heteroatoms. The van der Waals surface area contributed by atoms with E-state index in [1.807, 2.05) is 0 Å². The highest BCUT2D eigenvalue weighted by Gasteiger charge is 2.21. The molecule has 1 aliphatic heterocycles. The lowest BCUT2D eigenvalue weighted by atomic mass is 9.98. The molecule has 0 aliphatic carbocycles. The van der Waals surface area contributed by atoms with Crippen molar-refractivity contribution in [3.05, 3.63) is 22.8 Å². The van der Waals surface area contributed by atoms with Gasteiger partial charge in [0.15, 0.2) is 5.82 Å². The van der Waals surface area contributed by atoms with E-state index in [9.17, 15) is 0 Å². The fraction of sp³-hybridized carbons (Fsp3) is 0.750. The minimum absolute atomic E-state index is 0.121. The largest absolute Gasteiger partial charge is 0.376 e. The Morgan fingerprint density at radius 1 is 1.24 bits per heavy atom. The van der Waals surface area contributed by atoms with Gasteiger partial charge in [-0.05, 0) is 44.8 Å². The van der Waals surface area contributed by atoms with Crippen LogP contribution >= 0.6 is 0 Å². The molecule has 0 spiro atoms. The first-order chi connectivity index (χ1) is 10.1. The highest BCUT2D eigenvalue weighted by Crippen LogP contribution is 2.21. The lowest BCUT2D eigenvalue weighted by Gasteiger charge is -2.23. The first-order valence-electron chi connectivity index (χ1n) is 7.85. The molecule has 5 nitrogen and oxygen atoms in total. The van der Waals surface area contributed by atoms with Gasteiger partial charge in [0.1, 0.15) is 6.10 Å². The van der Waals surface area contributed by atoms with Crippen LogP contribution in [0, 0.1) is 19.8 Å². The maximum absolute atomic E-state index is 5.69. The quantitative estimate of drug-likeness (QED) is 0.869. The van der Waals surface area contributed by atoms with Crippen LogP contribution in [-0.4, -0.2) is 42.9 Å². The smallest absolute Gasteiger partial charge is 0.160 e. The van der Waals surface area contributed by atoms with E-state index >= 15 is 0 Å². The first kappa shape index (κ1) is 16.3. The Labute approximate surface area is 127 Å². The van der Waals surface area contributed by atoms with Gasteiger partial charge < -0.3 is 14.8 Å². The lowest BCUT2D eigenvalue weighted by molar-refractivity contribution is -0.0936. The number of nitrogens with zero attached hydrogens (tertiary/aromatic N) is 2. The van der Waals surface area contributed by atoms with Crippen molar-refractivity contribution in [2.24, 2.45) is 5.92 Å². The van der Waals surface area contributed by atoms with Gasteiger partial charge in [0.2, 0.25) is 0 Å². The van der Waals surface area contributed by atoms with Gasteiger partial charge >= 0.3 is 0 Å². The van der Waals surface area contributed by atoms with E-state index in [-0.39, 0.29) is 6.10 Å². The predicted molar refractivity (Wildman–Crippen MR) is 82.4 cm³/mol. The van der Waals surface area contributed by atoms with Gasteiger partial charge in [-0.3, -0.25) is 0 Å². The van der Waals surface area contributed by atoms with E-state index in [1.54, 1.807) is 0 Å². The summed E-state index contributed by atoms with van der Waals surface area (Å²) in [5.41, 5.74) is 3.39. The van der Waals surface area contributed by atoms with E-state index in [2.05, 4.69) is 43.0 Å². The molecular weight excluding hydrogens is 266 g/mol. The van der Waals surface area contributed by atoms with E-state index in [4.69, 9.17) is 9.47 Å². The van der Waals surface area contributed by atoms with Gasteiger partial charge in [0, 0.05) is 11.4 Å². The third-order valence-corrected chi connectivity index (χ3v) is 3.84. The summed E-state index contributed by atoms with van der Waals surface area (Å²) in [5, 5.41) is 3.39. The molecule has 118 valence electrons. The molecule has 0 amide bonds. The number of hydrogen-bond acceptors (Lipinski definition) is 5. The highest BCUT2D eigenvalue weighted by molar-refractivity contribution is 5.25. The normalized spacial score (nSPS) is 20.5. The van der Waals surface area contributed by atoms with Crippen molar-refractivity contribution in [3.63, 3.8) is 0 Å². The van der Waals surface area contributed by atoms with Crippen molar-refractivity contribution in [2.75, 3.05) is 32.9 Å². The summed E-state index contributed by atoms with van der Waals surface area (Å²) in [5.74, 6) is 1.33. The van der Waals surface area contributed by atoms with E-state index in [1.165, 1.54) is 5.56 Å². The van der Waals surface area contributed by atoms with Crippen molar-refractivity contribution in [3.8, 4) is 0 Å². The number of aryl methyl sites for hydroxylation is 2. The standard InChI is InChI=1S/C16H27N3O2/c1-5-17-9-11(2)8-14-12(3)18-16(19-13(14)4)15-10-20-6-7-21-15/h11,15,17H,5-10H2,1-4H3. The van der Waals surface area contributed by atoms with Crippen molar-refractivity contribution < 1.29 is 9.47 Å². The minimum Gasteiger partial charge on any atom is -0.376 e. The van der Waals surface area contributed by atoms with Crippen LogP contribution in [0.5, 0.6) is 0 Å². The van der Waals surface area contributed by atoms with Crippen LogP contribution in [0.25, 0.3) is 0 Å². The first-order valence-corrected chi connectivity index (χ1v) is 7.85. The van der Waals surface area contributed by atoms with Gasteiger partial charge in [0.25, 0.3) is 0 Å². The number of hydrogen-bond donors (Lipinski definition) is 1. The lowest BCUT2D eigenvalue weighted by Crippen LogP contribution is -2.25. The third kappa shape index (κ3) is 4.46. The van der Waals surface area contributed by atoms with Gasteiger partial charge in [-0.2, -0.15) is 0 Å². The summed E-state index contributed by atoms with van der Waals surface area (Å²) in [7, 11) is 0. The average Bonchev–Trinajstić information content (AvgIpc) is 2.49. The molecule has 2 unspecified atom stereocenters. The van der Waals surface area contributed by atoms with Crippen LogP contribution in [0.3, 0.4) is 0 Å². The molecule has 1 aliphatic rings. The molecule has 2 heterocycles. The zero-order chi connectivity index (χ0) is 15.2. The number of aromatic nitrogens is 2. The fourth-order valence-corrected chi connectivity index (χ4v) is 2.65. The summed E-state index contributed by atoms with van der Waals surface area (Å²) in [6, 6.07) is 0. The summed E-state index contributed by atoms with van der Waals surface area (Å²) in [6.45, 7) is 12.4. The summed E-state index contributed by atoms with van der Waals surface area (Å²) in [6.07, 6.45) is 0.886. The van der Waals surface area contributed by atoms with Gasteiger partial charge in [-0.15, -0.1) is 0 Å². The van der Waals surface area contributed by atoms with Crippen LogP contribution in [0.2, 0.25) is 0 Å². The summed E-state index contributed by atoms with van der Waals surface area (Å²) < 4.78 is 11.1. The van der Waals surface area contributed by atoms with Crippen LogP contribution in [0.1, 0.15) is 42.7 Å². The second kappa shape index (κ2) is 7.82. The average molecular weight is 293 g/mol. The molecule has 1 fully saturated rings.